The molecule has 11 heteroatoms. The van der Waals surface area contributed by atoms with Crippen LogP contribution in [0.5, 0.6) is 0 Å². The third kappa shape index (κ3) is 6.37. The first-order valence-corrected chi connectivity index (χ1v) is 14.3. The number of fused-ring (bicyclic) bond motifs is 1. The summed E-state index contributed by atoms with van der Waals surface area (Å²) in [7, 11) is -1.57. The molecular weight excluding hydrogens is 517 g/mol. The number of halogens is 3. The first-order valence-electron chi connectivity index (χ1n) is 12.7. The van der Waals surface area contributed by atoms with Crippen molar-refractivity contribution in [2.45, 2.75) is 68.7 Å². The van der Waals surface area contributed by atoms with E-state index in [1.54, 1.807) is 30.3 Å². The van der Waals surface area contributed by atoms with Gasteiger partial charge in [0.05, 0.1) is 28.1 Å². The van der Waals surface area contributed by atoms with Crippen LogP contribution in [-0.2, 0) is 27.2 Å². The maximum Gasteiger partial charge on any atom is 0.418 e. The molecule has 38 heavy (non-hydrogen) atoms. The minimum absolute atomic E-state index is 0.107. The Bertz CT molecular complexity index is 1370. The molecule has 1 amide bonds. The van der Waals surface area contributed by atoms with Crippen molar-refractivity contribution in [3.8, 4) is 0 Å². The van der Waals surface area contributed by atoms with Gasteiger partial charge in [-0.15, -0.1) is 0 Å². The molecule has 3 atom stereocenters. The SMILES string of the molecule is CC(C)N(C)C1CCC(NC(=O)Cc2nc3c(C(F)(F)F)cccc3[nH]2)C(CS(=O)(=O)c2ccccc2)C1. The van der Waals surface area contributed by atoms with E-state index < -0.39 is 27.5 Å². The van der Waals surface area contributed by atoms with Crippen molar-refractivity contribution < 1.29 is 26.4 Å². The van der Waals surface area contributed by atoms with Gasteiger partial charge in [0.1, 0.15) is 11.3 Å². The van der Waals surface area contributed by atoms with Gasteiger partial charge in [0.2, 0.25) is 5.91 Å². The molecule has 1 aromatic heterocycles. The molecule has 1 aliphatic carbocycles. The van der Waals surface area contributed by atoms with E-state index in [1.165, 1.54) is 12.1 Å². The van der Waals surface area contributed by atoms with E-state index in [0.29, 0.717) is 12.8 Å². The lowest BCUT2D eigenvalue weighted by molar-refractivity contribution is -0.136. The molecule has 1 fully saturated rings. The summed E-state index contributed by atoms with van der Waals surface area (Å²) >= 11 is 0. The molecule has 2 aromatic carbocycles. The van der Waals surface area contributed by atoms with Gasteiger partial charge in [0.15, 0.2) is 9.84 Å². The van der Waals surface area contributed by atoms with Gasteiger partial charge in [-0.05, 0) is 70.3 Å². The number of alkyl halides is 3. The summed E-state index contributed by atoms with van der Waals surface area (Å²) in [6.45, 7) is 4.17. The number of benzene rings is 2. The molecular formula is C27H33F3N4O3S. The number of hydrogen-bond acceptors (Lipinski definition) is 5. The molecule has 3 unspecified atom stereocenters. The number of sulfone groups is 1. The molecule has 1 saturated carbocycles. The number of carbonyl (C=O) groups excluding carboxylic acids is 1. The molecule has 4 rings (SSSR count). The van der Waals surface area contributed by atoms with Crippen molar-refractivity contribution >= 4 is 26.8 Å². The van der Waals surface area contributed by atoms with Gasteiger partial charge in [0.25, 0.3) is 0 Å². The van der Waals surface area contributed by atoms with Crippen LogP contribution in [0.2, 0.25) is 0 Å². The maximum absolute atomic E-state index is 13.4. The standard InChI is InChI=1S/C27H33F3N4O3S/c1-17(2)34(3)19-12-13-22(18(14-19)16-38(36,37)20-8-5-4-6-9-20)32-25(35)15-24-31-23-11-7-10-21(26(23)33-24)27(28,29)30/h4-11,17-19,22H,12-16H2,1-3H3,(H,31,33)(H,32,35). The molecule has 3 aromatic rings. The smallest absolute Gasteiger partial charge is 0.353 e. The van der Waals surface area contributed by atoms with Crippen molar-refractivity contribution in [1.82, 2.24) is 20.2 Å². The summed E-state index contributed by atoms with van der Waals surface area (Å²) in [5.41, 5.74) is -0.893. The number of nitrogens with one attached hydrogen (secondary N) is 2. The van der Waals surface area contributed by atoms with E-state index in [4.69, 9.17) is 0 Å². The highest BCUT2D eigenvalue weighted by Gasteiger charge is 2.37. The van der Waals surface area contributed by atoms with Crippen LogP contribution >= 0.6 is 0 Å². The van der Waals surface area contributed by atoms with Gasteiger partial charge < -0.3 is 15.2 Å². The summed E-state index contributed by atoms with van der Waals surface area (Å²) in [5, 5.41) is 2.97. The highest BCUT2D eigenvalue weighted by atomic mass is 32.2. The second-order valence-corrected chi connectivity index (χ2v) is 12.3. The molecule has 0 bridgehead atoms. The van der Waals surface area contributed by atoms with Crippen molar-refractivity contribution in [2.24, 2.45) is 5.92 Å². The third-order valence-electron chi connectivity index (χ3n) is 7.42. The Morgan fingerprint density at radius 1 is 1.13 bits per heavy atom. The Kier molecular flexibility index (Phi) is 8.17. The zero-order chi connectivity index (χ0) is 27.7. The highest BCUT2D eigenvalue weighted by Crippen LogP contribution is 2.34. The first-order chi connectivity index (χ1) is 17.8. The molecule has 2 N–H and O–H groups in total. The van der Waals surface area contributed by atoms with Crippen molar-refractivity contribution in [2.75, 3.05) is 12.8 Å². The van der Waals surface area contributed by atoms with Gasteiger partial charge in [-0.1, -0.05) is 24.3 Å². The van der Waals surface area contributed by atoms with E-state index in [0.717, 1.165) is 12.5 Å². The Morgan fingerprint density at radius 2 is 1.84 bits per heavy atom. The van der Waals surface area contributed by atoms with Crippen molar-refractivity contribution in [1.29, 1.82) is 0 Å². The normalized spacial score (nSPS) is 20.8. The predicted octanol–water partition coefficient (Wildman–Crippen LogP) is 4.59. The minimum atomic E-state index is -4.56. The van der Waals surface area contributed by atoms with Gasteiger partial charge in [0, 0.05) is 18.1 Å². The predicted molar refractivity (Wildman–Crippen MR) is 139 cm³/mol. The summed E-state index contributed by atoms with van der Waals surface area (Å²) in [6, 6.07) is 12.1. The van der Waals surface area contributed by atoms with Gasteiger partial charge in [-0.25, -0.2) is 13.4 Å². The number of para-hydroxylation sites is 1. The van der Waals surface area contributed by atoms with E-state index >= 15 is 0 Å². The lowest BCUT2D eigenvalue weighted by Gasteiger charge is -2.41. The van der Waals surface area contributed by atoms with Crippen LogP contribution in [0.3, 0.4) is 0 Å². The quantitative estimate of drug-likeness (QED) is 0.428. The van der Waals surface area contributed by atoms with Gasteiger partial charge >= 0.3 is 6.18 Å². The molecule has 206 valence electrons. The fraction of sp³-hybridized carbons (Fsp3) is 0.481. The minimum Gasteiger partial charge on any atom is -0.353 e. The largest absolute Gasteiger partial charge is 0.418 e. The molecule has 0 saturated heterocycles. The Hall–Kier alpha value is -2.92. The summed E-state index contributed by atoms with van der Waals surface area (Å²) in [4.78, 5) is 22.3. The van der Waals surface area contributed by atoms with E-state index in [1.807, 2.05) is 7.05 Å². The number of carbonyl (C=O) groups is 1. The zero-order valence-corrected chi connectivity index (χ0v) is 22.4. The van der Waals surface area contributed by atoms with Crippen LogP contribution in [0.1, 0.15) is 44.5 Å². The number of aromatic nitrogens is 2. The van der Waals surface area contributed by atoms with E-state index in [2.05, 4.69) is 34.0 Å². The van der Waals surface area contributed by atoms with Crippen molar-refractivity contribution in [3.05, 3.63) is 59.9 Å². The molecule has 1 aliphatic rings. The first kappa shape index (κ1) is 28.1. The monoisotopic (exact) mass is 550 g/mol. The number of H-pyrrole nitrogens is 1. The van der Waals surface area contributed by atoms with Crippen LogP contribution < -0.4 is 5.32 Å². The molecule has 0 radical (unpaired) electrons. The third-order valence-corrected chi connectivity index (χ3v) is 9.28. The van der Waals surface area contributed by atoms with Crippen LogP contribution in [0.25, 0.3) is 11.0 Å². The second kappa shape index (κ2) is 11.1. The molecule has 0 spiro atoms. The average Bonchev–Trinajstić information content (AvgIpc) is 3.26. The lowest BCUT2D eigenvalue weighted by atomic mass is 9.81. The second-order valence-electron chi connectivity index (χ2n) is 10.3. The average molecular weight is 551 g/mol. The van der Waals surface area contributed by atoms with E-state index in [-0.39, 0.29) is 58.0 Å². The molecule has 1 heterocycles. The van der Waals surface area contributed by atoms with Crippen LogP contribution in [0.15, 0.2) is 53.4 Å². The molecule has 0 aliphatic heterocycles. The summed E-state index contributed by atoms with van der Waals surface area (Å²) < 4.78 is 66.5. The Labute approximate surface area is 220 Å². The maximum atomic E-state index is 13.4. The number of imidazole rings is 1. The van der Waals surface area contributed by atoms with Crippen molar-refractivity contribution in [3.63, 3.8) is 0 Å². The fourth-order valence-electron chi connectivity index (χ4n) is 5.22. The molecule has 7 nitrogen and oxygen atoms in total. The van der Waals surface area contributed by atoms with Crippen LogP contribution in [0, 0.1) is 5.92 Å². The number of hydrogen-bond donors (Lipinski definition) is 2. The number of nitrogens with zero attached hydrogens (tertiary/aromatic N) is 2. The number of amides is 1. The highest BCUT2D eigenvalue weighted by molar-refractivity contribution is 7.91. The Morgan fingerprint density at radius 3 is 2.50 bits per heavy atom. The van der Waals surface area contributed by atoms with E-state index in [9.17, 15) is 26.4 Å². The van der Waals surface area contributed by atoms with Crippen LogP contribution in [0.4, 0.5) is 13.2 Å². The Balaban J connectivity index is 1.52. The van der Waals surface area contributed by atoms with Crippen LogP contribution in [-0.4, -0.2) is 60.1 Å². The topological polar surface area (TPSA) is 95.2 Å². The lowest BCUT2D eigenvalue weighted by Crippen LogP contribution is -2.51. The summed E-state index contributed by atoms with van der Waals surface area (Å²) in [5.74, 6) is -0.725. The van der Waals surface area contributed by atoms with Gasteiger partial charge in [-0.3, -0.25) is 4.79 Å². The zero-order valence-electron chi connectivity index (χ0n) is 21.6. The number of aromatic amines is 1. The number of rotatable bonds is 8. The summed E-state index contributed by atoms with van der Waals surface area (Å²) in [6.07, 6.45) is -2.81. The fourth-order valence-corrected chi connectivity index (χ4v) is 6.91. The van der Waals surface area contributed by atoms with Gasteiger partial charge in [-0.2, -0.15) is 13.2 Å².